The molecular weight excluding hydrogens is 347 g/mol. The molecule has 2 N–H and O–H groups in total. The van der Waals surface area contributed by atoms with Gasteiger partial charge in [-0.05, 0) is 49.2 Å². The van der Waals surface area contributed by atoms with Gasteiger partial charge in [0.25, 0.3) is 11.8 Å². The fourth-order valence-electron chi connectivity index (χ4n) is 2.08. The molecule has 124 valence electrons. The minimum absolute atomic E-state index is 0.371. The van der Waals surface area contributed by atoms with Gasteiger partial charge < -0.3 is 0 Å². The standard InChI is InChI=1S/C18H16Cl2N2O2/c1-11-3-6-14(12(2)9-11)18(24)22-21-17(23)8-5-13-4-7-15(19)16(20)10-13/h3-10H,1-2H3,(H,21,23)(H,22,24)/b8-5+. The Hall–Kier alpha value is -2.30. The second kappa shape index (κ2) is 7.99. The molecule has 0 heterocycles. The minimum atomic E-state index is -0.459. The Morgan fingerprint density at radius 2 is 1.71 bits per heavy atom. The van der Waals surface area contributed by atoms with Gasteiger partial charge in [-0.15, -0.1) is 0 Å². The Balaban J connectivity index is 1.93. The van der Waals surface area contributed by atoms with Gasteiger partial charge in [0.2, 0.25) is 0 Å². The molecule has 0 bridgehead atoms. The van der Waals surface area contributed by atoms with Crippen LogP contribution in [0.5, 0.6) is 0 Å². The average molecular weight is 363 g/mol. The van der Waals surface area contributed by atoms with Gasteiger partial charge in [0.1, 0.15) is 0 Å². The number of hydrogen-bond donors (Lipinski definition) is 2. The number of rotatable bonds is 3. The Kier molecular flexibility index (Phi) is 6.01. The number of benzene rings is 2. The lowest BCUT2D eigenvalue weighted by Gasteiger charge is -2.08. The van der Waals surface area contributed by atoms with Crippen LogP contribution in [0.15, 0.2) is 42.5 Å². The number of nitrogens with one attached hydrogen (secondary N) is 2. The molecule has 2 rings (SSSR count). The maximum absolute atomic E-state index is 12.1. The summed E-state index contributed by atoms with van der Waals surface area (Å²) in [5, 5.41) is 0.848. The molecule has 0 atom stereocenters. The lowest BCUT2D eigenvalue weighted by atomic mass is 10.1. The van der Waals surface area contributed by atoms with Crippen LogP contribution in [0.1, 0.15) is 27.0 Å². The van der Waals surface area contributed by atoms with Crippen molar-refractivity contribution in [1.29, 1.82) is 0 Å². The third-order valence-electron chi connectivity index (χ3n) is 3.30. The van der Waals surface area contributed by atoms with E-state index in [4.69, 9.17) is 23.2 Å². The van der Waals surface area contributed by atoms with E-state index in [2.05, 4.69) is 10.9 Å². The smallest absolute Gasteiger partial charge is 0.268 e. The summed E-state index contributed by atoms with van der Waals surface area (Å²) in [6, 6.07) is 10.5. The first-order valence-corrected chi connectivity index (χ1v) is 7.93. The van der Waals surface area contributed by atoms with Crippen molar-refractivity contribution in [1.82, 2.24) is 10.9 Å². The Morgan fingerprint density at radius 1 is 0.958 bits per heavy atom. The number of hydrogen-bond acceptors (Lipinski definition) is 2. The van der Waals surface area contributed by atoms with Crippen LogP contribution in [0.4, 0.5) is 0 Å². The van der Waals surface area contributed by atoms with Gasteiger partial charge >= 0.3 is 0 Å². The molecule has 2 aromatic rings. The van der Waals surface area contributed by atoms with Crippen LogP contribution >= 0.6 is 23.2 Å². The maximum atomic E-state index is 12.1. The zero-order valence-electron chi connectivity index (χ0n) is 13.2. The monoisotopic (exact) mass is 362 g/mol. The number of carbonyl (C=O) groups is 2. The second-order valence-electron chi connectivity index (χ2n) is 5.27. The van der Waals surface area contributed by atoms with Crippen molar-refractivity contribution in [3.8, 4) is 0 Å². The van der Waals surface area contributed by atoms with Gasteiger partial charge in [0, 0.05) is 11.6 Å². The zero-order valence-corrected chi connectivity index (χ0v) is 14.7. The normalized spacial score (nSPS) is 10.7. The summed E-state index contributed by atoms with van der Waals surface area (Å²) in [6.07, 6.45) is 2.86. The van der Waals surface area contributed by atoms with E-state index in [9.17, 15) is 9.59 Å². The minimum Gasteiger partial charge on any atom is -0.268 e. The SMILES string of the molecule is Cc1ccc(C(=O)NNC(=O)/C=C/c2ccc(Cl)c(Cl)c2)c(C)c1. The summed E-state index contributed by atoms with van der Waals surface area (Å²) >= 11 is 11.7. The van der Waals surface area contributed by atoms with Crippen LogP contribution in [0.3, 0.4) is 0 Å². The predicted octanol–water partition coefficient (Wildman–Crippen LogP) is 4.08. The van der Waals surface area contributed by atoms with E-state index in [0.29, 0.717) is 15.6 Å². The molecule has 0 saturated heterocycles. The summed E-state index contributed by atoms with van der Waals surface area (Å²) in [4.78, 5) is 23.8. The van der Waals surface area contributed by atoms with Crippen LogP contribution in [0, 0.1) is 13.8 Å². The highest BCUT2D eigenvalue weighted by atomic mass is 35.5. The van der Waals surface area contributed by atoms with Crippen LogP contribution < -0.4 is 10.9 Å². The molecule has 0 aliphatic heterocycles. The van der Waals surface area contributed by atoms with Crippen molar-refractivity contribution in [2.75, 3.05) is 0 Å². The molecule has 6 heteroatoms. The van der Waals surface area contributed by atoms with Gasteiger partial charge in [0.15, 0.2) is 0 Å². The molecule has 0 aromatic heterocycles. The van der Waals surface area contributed by atoms with Gasteiger partial charge in [-0.2, -0.15) is 0 Å². The first kappa shape index (κ1) is 18.0. The summed E-state index contributed by atoms with van der Waals surface area (Å²) in [7, 11) is 0. The number of aryl methyl sites for hydroxylation is 2. The molecule has 2 aromatic carbocycles. The van der Waals surface area contributed by atoms with Crippen molar-refractivity contribution in [3.05, 3.63) is 74.8 Å². The summed E-state index contributed by atoms with van der Waals surface area (Å²) in [5.74, 6) is -0.831. The van der Waals surface area contributed by atoms with E-state index < -0.39 is 5.91 Å². The van der Waals surface area contributed by atoms with Crippen molar-refractivity contribution in [2.45, 2.75) is 13.8 Å². The zero-order chi connectivity index (χ0) is 17.7. The molecule has 0 aliphatic rings. The molecule has 2 amide bonds. The Labute approximate surface area is 150 Å². The summed E-state index contributed by atoms with van der Waals surface area (Å²) in [5.41, 5.74) is 7.85. The predicted molar refractivity (Wildman–Crippen MR) is 97.0 cm³/mol. The van der Waals surface area contributed by atoms with Gasteiger partial charge in [-0.25, -0.2) is 0 Å². The van der Waals surface area contributed by atoms with Crippen LogP contribution in [-0.2, 0) is 4.79 Å². The highest BCUT2D eigenvalue weighted by Gasteiger charge is 2.09. The van der Waals surface area contributed by atoms with Crippen LogP contribution in [0.2, 0.25) is 10.0 Å². The second-order valence-corrected chi connectivity index (χ2v) is 6.08. The largest absolute Gasteiger partial charge is 0.269 e. The van der Waals surface area contributed by atoms with E-state index in [0.717, 1.165) is 16.7 Å². The van der Waals surface area contributed by atoms with Crippen molar-refractivity contribution >= 4 is 41.1 Å². The molecule has 0 radical (unpaired) electrons. The van der Waals surface area contributed by atoms with Crippen molar-refractivity contribution < 1.29 is 9.59 Å². The number of hydrazine groups is 1. The lowest BCUT2D eigenvalue weighted by molar-refractivity contribution is -0.117. The molecule has 4 nitrogen and oxygen atoms in total. The van der Waals surface area contributed by atoms with E-state index in [1.165, 1.54) is 6.08 Å². The molecule has 0 aliphatic carbocycles. The highest BCUT2D eigenvalue weighted by Crippen LogP contribution is 2.23. The number of amides is 2. The van der Waals surface area contributed by atoms with Crippen LogP contribution in [0.25, 0.3) is 6.08 Å². The van der Waals surface area contributed by atoms with E-state index >= 15 is 0 Å². The van der Waals surface area contributed by atoms with Gasteiger partial charge in [-0.3, -0.25) is 20.4 Å². The highest BCUT2D eigenvalue weighted by molar-refractivity contribution is 6.42. The summed E-state index contributed by atoms with van der Waals surface area (Å²) in [6.45, 7) is 3.79. The molecule has 0 saturated carbocycles. The fourth-order valence-corrected chi connectivity index (χ4v) is 2.39. The quantitative estimate of drug-likeness (QED) is 0.638. The Morgan fingerprint density at radius 3 is 2.38 bits per heavy atom. The van der Waals surface area contributed by atoms with Gasteiger partial charge in [0.05, 0.1) is 10.0 Å². The molecular formula is C18H16Cl2N2O2. The Bertz CT molecular complexity index is 817. The lowest BCUT2D eigenvalue weighted by Crippen LogP contribution is -2.41. The molecule has 0 spiro atoms. The average Bonchev–Trinajstić information content (AvgIpc) is 2.53. The third kappa shape index (κ3) is 4.85. The first-order chi connectivity index (χ1) is 11.4. The van der Waals surface area contributed by atoms with E-state index in [-0.39, 0.29) is 5.91 Å². The van der Waals surface area contributed by atoms with E-state index in [1.54, 1.807) is 30.3 Å². The molecule has 0 unspecified atom stereocenters. The summed E-state index contributed by atoms with van der Waals surface area (Å²) < 4.78 is 0. The maximum Gasteiger partial charge on any atom is 0.269 e. The van der Waals surface area contributed by atoms with Gasteiger partial charge in [-0.1, -0.05) is 47.0 Å². The van der Waals surface area contributed by atoms with E-state index in [1.807, 2.05) is 26.0 Å². The topological polar surface area (TPSA) is 58.2 Å². The number of halogens is 2. The van der Waals surface area contributed by atoms with Crippen LogP contribution in [-0.4, -0.2) is 11.8 Å². The first-order valence-electron chi connectivity index (χ1n) is 7.17. The third-order valence-corrected chi connectivity index (χ3v) is 4.04. The fraction of sp³-hybridized carbons (Fsp3) is 0.111. The van der Waals surface area contributed by atoms with Crippen molar-refractivity contribution in [3.63, 3.8) is 0 Å². The van der Waals surface area contributed by atoms with Crippen molar-refractivity contribution in [2.24, 2.45) is 0 Å². The molecule has 0 fully saturated rings. The number of carbonyl (C=O) groups excluding carboxylic acids is 2. The molecule has 24 heavy (non-hydrogen) atoms.